The first-order valence-corrected chi connectivity index (χ1v) is 19.5. The number of fused-ring (bicyclic) bond motifs is 3. The molecule has 0 saturated heterocycles. The highest BCUT2D eigenvalue weighted by Crippen LogP contribution is 2.46. The van der Waals surface area contributed by atoms with E-state index in [9.17, 15) is 0 Å². The third-order valence-electron chi connectivity index (χ3n) is 10.5. The molecule has 0 aliphatic heterocycles. The van der Waals surface area contributed by atoms with Crippen LogP contribution < -0.4 is 5.73 Å². The van der Waals surface area contributed by atoms with Gasteiger partial charge in [0.05, 0.1) is 0 Å². The second kappa shape index (κ2) is 16.7. The summed E-state index contributed by atoms with van der Waals surface area (Å²) in [5.74, 6) is 0. The molecule has 8 aromatic carbocycles. The van der Waals surface area contributed by atoms with Crippen molar-refractivity contribution in [3.63, 3.8) is 0 Å². The van der Waals surface area contributed by atoms with E-state index in [0.29, 0.717) is 0 Å². The van der Waals surface area contributed by atoms with Gasteiger partial charge < -0.3 is 5.73 Å². The number of aryl methyl sites for hydroxylation is 2. The summed E-state index contributed by atoms with van der Waals surface area (Å²) in [4.78, 5) is 0. The first-order chi connectivity index (χ1) is 27.0. The predicted molar refractivity (Wildman–Crippen MR) is 242 cm³/mol. The molecular formula is C54H49N. The zero-order valence-corrected chi connectivity index (χ0v) is 32.6. The first kappa shape index (κ1) is 36.9. The lowest BCUT2D eigenvalue weighted by Gasteiger charge is -2.20. The van der Waals surface area contributed by atoms with Gasteiger partial charge in [0.1, 0.15) is 0 Å². The molecule has 0 atom stereocenters. The van der Waals surface area contributed by atoms with Gasteiger partial charge in [0.2, 0.25) is 0 Å². The molecule has 8 rings (SSSR count). The largest absolute Gasteiger partial charge is 0.405 e. The molecule has 8 aromatic rings. The Balaban J connectivity index is 0.00000229. The van der Waals surface area contributed by atoms with Gasteiger partial charge >= 0.3 is 0 Å². The van der Waals surface area contributed by atoms with Crippen molar-refractivity contribution in [2.75, 3.05) is 0 Å². The molecule has 0 radical (unpaired) electrons. The van der Waals surface area contributed by atoms with Crippen LogP contribution in [0.1, 0.15) is 48.6 Å². The maximum Gasteiger partial charge on any atom is -0.00201 e. The highest BCUT2D eigenvalue weighted by molar-refractivity contribution is 6.24. The van der Waals surface area contributed by atoms with Crippen molar-refractivity contribution in [2.24, 2.45) is 5.73 Å². The van der Waals surface area contributed by atoms with E-state index in [1.807, 2.05) is 19.9 Å². The number of hydrogen-bond acceptors (Lipinski definition) is 1. The Hall–Kier alpha value is -6.44. The van der Waals surface area contributed by atoms with Crippen LogP contribution in [-0.2, 0) is 6.42 Å². The molecule has 0 amide bonds. The third kappa shape index (κ3) is 7.39. The number of benzene rings is 8. The fraction of sp³-hybridized carbons (Fsp3) is 0.111. The van der Waals surface area contributed by atoms with E-state index in [-0.39, 0.29) is 0 Å². The molecule has 270 valence electrons. The molecule has 0 unspecified atom stereocenters. The van der Waals surface area contributed by atoms with E-state index in [4.69, 9.17) is 5.73 Å². The van der Waals surface area contributed by atoms with Gasteiger partial charge in [-0.05, 0) is 139 Å². The molecule has 55 heavy (non-hydrogen) atoms. The second-order valence-electron chi connectivity index (χ2n) is 13.9. The van der Waals surface area contributed by atoms with E-state index in [1.165, 1.54) is 88.0 Å². The Labute approximate surface area is 326 Å². The summed E-state index contributed by atoms with van der Waals surface area (Å²) in [5.41, 5.74) is 20.8. The van der Waals surface area contributed by atoms with Gasteiger partial charge in [-0.1, -0.05) is 183 Å². The van der Waals surface area contributed by atoms with Crippen molar-refractivity contribution in [3.8, 4) is 33.4 Å². The highest BCUT2D eigenvalue weighted by atomic mass is 14.5. The maximum absolute atomic E-state index is 6.04. The minimum absolute atomic E-state index is 0.818. The van der Waals surface area contributed by atoms with Crippen molar-refractivity contribution in [2.45, 2.75) is 41.0 Å². The molecular weight excluding hydrogens is 663 g/mol. The molecule has 0 heterocycles. The SMILES string of the molecule is C/C=C\c1ccc(C/C=C(\C=C/N)c2cccc(-c3c4ccccc4c(-c4ccc(-c5ccc(C)cc5)c5ccccc45)c4ccccc34)c2)cc1C.CC. The lowest BCUT2D eigenvalue weighted by Crippen LogP contribution is -1.93. The highest BCUT2D eigenvalue weighted by Gasteiger charge is 2.19. The van der Waals surface area contributed by atoms with Crippen molar-refractivity contribution >= 4 is 44.0 Å². The average molecular weight is 712 g/mol. The van der Waals surface area contributed by atoms with Crippen LogP contribution in [0.25, 0.3) is 77.3 Å². The van der Waals surface area contributed by atoms with Crippen LogP contribution in [0, 0.1) is 13.8 Å². The van der Waals surface area contributed by atoms with Crippen LogP contribution in [0.2, 0.25) is 0 Å². The summed E-state index contributed by atoms with van der Waals surface area (Å²) in [6.07, 6.45) is 11.0. The van der Waals surface area contributed by atoms with E-state index in [1.54, 1.807) is 6.20 Å². The Kier molecular flexibility index (Phi) is 11.2. The monoisotopic (exact) mass is 711 g/mol. The zero-order chi connectivity index (χ0) is 38.3. The van der Waals surface area contributed by atoms with Crippen molar-refractivity contribution < 1.29 is 0 Å². The van der Waals surface area contributed by atoms with E-state index in [0.717, 1.165) is 17.6 Å². The van der Waals surface area contributed by atoms with Crippen molar-refractivity contribution in [1.29, 1.82) is 0 Å². The lowest BCUT2D eigenvalue weighted by molar-refractivity contribution is 1.24. The standard InChI is InChI=1S/C52H43N.C2H6/c1-4-12-38-27-23-37(33-36(38)3)24-28-39(31-32-53)41-13-11-14-42(34-41)51-46-17-7-9-19-48(46)52(49-20-10-8-18-47(49)51)50-30-29-43(40-25-21-35(2)22-26-40)44-15-5-6-16-45(44)50;1-2/h4-23,25-34H,24,53H2,1-3H3;1-2H3/b12-4-,32-31-,39-28+;. The minimum Gasteiger partial charge on any atom is -0.405 e. The van der Waals surface area contributed by atoms with Gasteiger partial charge in [0.25, 0.3) is 0 Å². The molecule has 1 nitrogen and oxygen atoms in total. The Morgan fingerprint density at radius 2 is 1.13 bits per heavy atom. The van der Waals surface area contributed by atoms with E-state index >= 15 is 0 Å². The fourth-order valence-corrected chi connectivity index (χ4v) is 7.93. The van der Waals surface area contributed by atoms with Crippen LogP contribution in [-0.4, -0.2) is 0 Å². The van der Waals surface area contributed by atoms with Crippen LogP contribution in [0.3, 0.4) is 0 Å². The Bertz CT molecular complexity index is 2660. The second-order valence-corrected chi connectivity index (χ2v) is 13.9. The number of hydrogen-bond donors (Lipinski definition) is 1. The normalized spacial score (nSPS) is 11.8. The molecule has 1 heteroatoms. The Morgan fingerprint density at radius 3 is 1.73 bits per heavy atom. The van der Waals surface area contributed by atoms with E-state index in [2.05, 4.69) is 191 Å². The van der Waals surface area contributed by atoms with Crippen LogP contribution in [0.5, 0.6) is 0 Å². The predicted octanol–water partition coefficient (Wildman–Crippen LogP) is 14.9. The van der Waals surface area contributed by atoms with Crippen LogP contribution in [0.15, 0.2) is 176 Å². The molecule has 0 spiro atoms. The first-order valence-electron chi connectivity index (χ1n) is 19.5. The summed E-state index contributed by atoms with van der Waals surface area (Å²) in [5, 5.41) is 7.48. The fourth-order valence-electron chi connectivity index (χ4n) is 7.93. The molecule has 0 aliphatic rings. The third-order valence-corrected chi connectivity index (χ3v) is 10.5. The number of rotatable bonds is 8. The van der Waals surface area contributed by atoms with E-state index < -0.39 is 0 Å². The average Bonchev–Trinajstić information content (AvgIpc) is 3.23. The minimum atomic E-state index is 0.818. The van der Waals surface area contributed by atoms with Crippen molar-refractivity contribution in [1.82, 2.24) is 0 Å². The molecule has 0 fully saturated rings. The van der Waals surface area contributed by atoms with Crippen molar-refractivity contribution in [3.05, 3.63) is 204 Å². The topological polar surface area (TPSA) is 26.0 Å². The molecule has 0 saturated carbocycles. The summed E-state index contributed by atoms with van der Waals surface area (Å²) in [6.45, 7) is 10.4. The van der Waals surface area contributed by atoms with Crippen LogP contribution >= 0.6 is 0 Å². The molecule has 2 N–H and O–H groups in total. The number of allylic oxidation sites excluding steroid dienone is 4. The molecule has 0 aromatic heterocycles. The van der Waals surface area contributed by atoms with Gasteiger partial charge in [-0.25, -0.2) is 0 Å². The summed E-state index contributed by atoms with van der Waals surface area (Å²) >= 11 is 0. The Morgan fingerprint density at radius 1 is 0.545 bits per heavy atom. The molecule has 0 bridgehead atoms. The van der Waals surface area contributed by atoms with Crippen LogP contribution in [0.4, 0.5) is 0 Å². The summed E-state index contributed by atoms with van der Waals surface area (Å²) in [7, 11) is 0. The molecule has 0 aliphatic carbocycles. The summed E-state index contributed by atoms with van der Waals surface area (Å²) in [6, 6.07) is 55.8. The zero-order valence-electron chi connectivity index (χ0n) is 32.6. The summed E-state index contributed by atoms with van der Waals surface area (Å²) < 4.78 is 0. The quantitative estimate of drug-likeness (QED) is 0.123. The van der Waals surface area contributed by atoms with Gasteiger partial charge in [-0.15, -0.1) is 0 Å². The van der Waals surface area contributed by atoms with Gasteiger partial charge in [0.15, 0.2) is 0 Å². The maximum atomic E-state index is 6.04. The lowest BCUT2D eigenvalue weighted by atomic mass is 9.83. The van der Waals surface area contributed by atoms with Gasteiger partial charge in [-0.3, -0.25) is 0 Å². The van der Waals surface area contributed by atoms with Gasteiger partial charge in [0, 0.05) is 0 Å². The smallest absolute Gasteiger partial charge is 0.00201 e. The number of nitrogens with two attached hydrogens (primary N) is 1. The van der Waals surface area contributed by atoms with Gasteiger partial charge in [-0.2, -0.15) is 0 Å².